The van der Waals surface area contributed by atoms with E-state index in [1.807, 2.05) is 42.6 Å². The molecule has 30 heavy (non-hydrogen) atoms. The van der Waals surface area contributed by atoms with Crippen molar-refractivity contribution in [2.45, 2.75) is 6.92 Å². The second-order valence-corrected chi connectivity index (χ2v) is 8.31. The molecule has 150 valence electrons. The molecule has 0 bridgehead atoms. The number of likely N-dealkylation sites (N-methyl/N-ethyl adjacent to an activating group) is 1. The summed E-state index contributed by atoms with van der Waals surface area (Å²) in [4.78, 5) is 34.3. The van der Waals surface area contributed by atoms with Gasteiger partial charge in [0.15, 0.2) is 5.17 Å². The fourth-order valence-electron chi connectivity index (χ4n) is 2.88. The number of carbonyl (C=O) groups is 1. The zero-order valence-electron chi connectivity index (χ0n) is 16.1. The summed E-state index contributed by atoms with van der Waals surface area (Å²) in [5.41, 5.74) is 3.38. The molecule has 0 radical (unpaired) electrons. The first kappa shape index (κ1) is 20.0. The molecular weight excluding hydrogens is 420 g/mol. The molecule has 9 heteroatoms. The first-order chi connectivity index (χ1) is 14.4. The minimum atomic E-state index is -0.446. The van der Waals surface area contributed by atoms with Crippen LogP contribution < -0.4 is 0 Å². The summed E-state index contributed by atoms with van der Waals surface area (Å²) in [7, 11) is 1.68. The molecule has 0 N–H and O–H groups in total. The van der Waals surface area contributed by atoms with E-state index in [1.54, 1.807) is 19.2 Å². The fourth-order valence-corrected chi connectivity index (χ4v) is 4.66. The van der Waals surface area contributed by atoms with Gasteiger partial charge in [0.05, 0.1) is 15.5 Å². The van der Waals surface area contributed by atoms with Crippen LogP contribution in [0, 0.1) is 10.1 Å². The number of hydrogen-bond acceptors (Lipinski definition) is 7. The third-order valence-corrected chi connectivity index (χ3v) is 6.55. The van der Waals surface area contributed by atoms with Crippen molar-refractivity contribution >= 4 is 50.6 Å². The molecule has 0 spiro atoms. The number of aliphatic imine (C=N–C) groups is 1. The van der Waals surface area contributed by atoms with Crippen molar-refractivity contribution in [2.75, 3.05) is 7.05 Å². The standard InChI is InChI=1S/C21H16N4O3S2/c1-13(14-8-10-16(11-9-14)25(27)28)18-19(26)24(2)21(30-18)23-20-22-17(12-29-20)15-6-4-3-5-7-15/h3-12H,1-2H3/b18-13-,23-21+. The van der Waals surface area contributed by atoms with Gasteiger partial charge < -0.3 is 0 Å². The van der Waals surface area contributed by atoms with Crippen molar-refractivity contribution in [3.63, 3.8) is 0 Å². The maximum absolute atomic E-state index is 12.8. The Morgan fingerprint density at radius 3 is 2.50 bits per heavy atom. The lowest BCUT2D eigenvalue weighted by atomic mass is 10.1. The van der Waals surface area contributed by atoms with Gasteiger partial charge >= 0.3 is 0 Å². The van der Waals surface area contributed by atoms with E-state index >= 15 is 0 Å². The second kappa shape index (κ2) is 8.21. The van der Waals surface area contributed by atoms with Gasteiger partial charge in [0.1, 0.15) is 0 Å². The lowest BCUT2D eigenvalue weighted by Gasteiger charge is -2.06. The van der Waals surface area contributed by atoms with Crippen molar-refractivity contribution in [1.82, 2.24) is 9.88 Å². The number of benzene rings is 2. The fraction of sp³-hybridized carbons (Fsp3) is 0.0952. The maximum Gasteiger partial charge on any atom is 0.269 e. The number of amides is 1. The van der Waals surface area contributed by atoms with Crippen molar-refractivity contribution in [2.24, 2.45) is 4.99 Å². The Kier molecular flexibility index (Phi) is 5.47. The van der Waals surface area contributed by atoms with E-state index in [0.717, 1.165) is 22.4 Å². The van der Waals surface area contributed by atoms with Gasteiger partial charge in [0.2, 0.25) is 5.13 Å². The zero-order chi connectivity index (χ0) is 21.3. The molecule has 1 fully saturated rings. The lowest BCUT2D eigenvalue weighted by Crippen LogP contribution is -2.23. The molecule has 2 aromatic carbocycles. The number of aromatic nitrogens is 1. The third kappa shape index (κ3) is 3.89. The maximum atomic E-state index is 12.8. The van der Waals surface area contributed by atoms with Crippen LogP contribution in [0.25, 0.3) is 16.8 Å². The number of thioether (sulfide) groups is 1. The van der Waals surface area contributed by atoms with Crippen LogP contribution in [0.1, 0.15) is 12.5 Å². The highest BCUT2D eigenvalue weighted by Crippen LogP contribution is 2.38. The lowest BCUT2D eigenvalue weighted by molar-refractivity contribution is -0.384. The van der Waals surface area contributed by atoms with Crippen LogP contribution in [-0.2, 0) is 4.79 Å². The number of nitrogens with zero attached hydrogens (tertiary/aromatic N) is 4. The van der Waals surface area contributed by atoms with Gasteiger partial charge in [-0.3, -0.25) is 19.8 Å². The molecular formula is C21H16N4O3S2. The normalized spacial score (nSPS) is 16.9. The molecule has 1 aliphatic rings. The third-order valence-electron chi connectivity index (χ3n) is 4.58. The molecule has 1 amide bonds. The molecule has 1 saturated heterocycles. The average molecular weight is 437 g/mol. The molecule has 1 aliphatic heterocycles. The van der Waals surface area contributed by atoms with E-state index in [2.05, 4.69) is 9.98 Å². The molecule has 0 atom stereocenters. The highest BCUT2D eigenvalue weighted by atomic mass is 32.2. The van der Waals surface area contributed by atoms with E-state index in [-0.39, 0.29) is 11.6 Å². The summed E-state index contributed by atoms with van der Waals surface area (Å²) >= 11 is 2.69. The second-order valence-electron chi connectivity index (χ2n) is 6.50. The Balaban J connectivity index is 1.61. The molecule has 0 unspecified atom stereocenters. The predicted octanol–water partition coefficient (Wildman–Crippen LogP) is 5.34. The number of amidine groups is 1. The Labute approximate surface area is 180 Å². The predicted molar refractivity (Wildman–Crippen MR) is 121 cm³/mol. The monoisotopic (exact) mass is 436 g/mol. The van der Waals surface area contributed by atoms with Crippen molar-refractivity contribution in [1.29, 1.82) is 0 Å². The Hall–Kier alpha value is -3.30. The zero-order valence-corrected chi connectivity index (χ0v) is 17.7. The molecule has 0 saturated carbocycles. The molecule has 3 aromatic rings. The van der Waals surface area contributed by atoms with Crippen molar-refractivity contribution < 1.29 is 9.72 Å². The van der Waals surface area contributed by atoms with Crippen LogP contribution in [0.3, 0.4) is 0 Å². The summed E-state index contributed by atoms with van der Waals surface area (Å²) in [6.07, 6.45) is 0. The van der Waals surface area contributed by atoms with Crippen LogP contribution in [0.2, 0.25) is 0 Å². The van der Waals surface area contributed by atoms with Crippen LogP contribution in [0.4, 0.5) is 10.8 Å². The number of hydrogen-bond donors (Lipinski definition) is 0. The Morgan fingerprint density at radius 2 is 1.83 bits per heavy atom. The minimum Gasteiger partial charge on any atom is -0.289 e. The van der Waals surface area contributed by atoms with Gasteiger partial charge in [-0.2, -0.15) is 4.99 Å². The summed E-state index contributed by atoms with van der Waals surface area (Å²) in [6.45, 7) is 1.83. The summed E-state index contributed by atoms with van der Waals surface area (Å²) in [5, 5.41) is 13.9. The van der Waals surface area contributed by atoms with E-state index in [1.165, 1.54) is 40.1 Å². The SMILES string of the molecule is C/C(=C1/S/C(=N/c2nc(-c3ccccc3)cs2)N(C)C1=O)c1ccc([N+](=O)[O-])cc1. The van der Waals surface area contributed by atoms with Gasteiger partial charge in [0, 0.05) is 30.1 Å². The first-order valence-corrected chi connectivity index (χ1v) is 10.6. The van der Waals surface area contributed by atoms with Gasteiger partial charge in [-0.1, -0.05) is 30.3 Å². The van der Waals surface area contributed by atoms with Crippen LogP contribution in [-0.4, -0.2) is 32.9 Å². The number of thiazole rings is 1. The molecule has 4 rings (SSSR count). The van der Waals surface area contributed by atoms with Crippen molar-refractivity contribution in [3.05, 3.63) is 80.6 Å². The van der Waals surface area contributed by atoms with E-state index in [4.69, 9.17) is 0 Å². The highest BCUT2D eigenvalue weighted by molar-refractivity contribution is 8.18. The summed E-state index contributed by atoms with van der Waals surface area (Å²) < 4.78 is 0. The van der Waals surface area contributed by atoms with Gasteiger partial charge in [-0.15, -0.1) is 11.3 Å². The van der Waals surface area contributed by atoms with E-state index in [0.29, 0.717) is 15.2 Å². The molecule has 2 heterocycles. The number of nitro benzene ring substituents is 1. The molecule has 0 aliphatic carbocycles. The number of non-ortho nitro benzene ring substituents is 1. The summed E-state index contributed by atoms with van der Waals surface area (Å²) in [6, 6.07) is 16.0. The minimum absolute atomic E-state index is 0.0133. The highest BCUT2D eigenvalue weighted by Gasteiger charge is 2.32. The number of carbonyl (C=O) groups excluding carboxylic acids is 1. The number of nitro groups is 1. The average Bonchev–Trinajstić information content (AvgIpc) is 3.34. The van der Waals surface area contributed by atoms with E-state index < -0.39 is 4.92 Å². The van der Waals surface area contributed by atoms with Crippen molar-refractivity contribution in [3.8, 4) is 11.3 Å². The Morgan fingerprint density at radius 1 is 1.13 bits per heavy atom. The topological polar surface area (TPSA) is 88.7 Å². The van der Waals surface area contributed by atoms with E-state index in [9.17, 15) is 14.9 Å². The van der Waals surface area contributed by atoms with Gasteiger partial charge in [-0.25, -0.2) is 4.98 Å². The largest absolute Gasteiger partial charge is 0.289 e. The van der Waals surface area contributed by atoms with Crippen LogP contribution >= 0.6 is 23.1 Å². The first-order valence-electron chi connectivity index (χ1n) is 8.95. The van der Waals surface area contributed by atoms with Crippen LogP contribution in [0.15, 0.2) is 69.9 Å². The summed E-state index contributed by atoms with van der Waals surface area (Å²) in [5.74, 6) is -0.158. The smallest absolute Gasteiger partial charge is 0.269 e. The quantitative estimate of drug-likeness (QED) is 0.313. The molecule has 7 nitrogen and oxygen atoms in total. The molecule has 1 aromatic heterocycles. The van der Waals surface area contributed by atoms with Crippen LogP contribution in [0.5, 0.6) is 0 Å². The Bertz CT molecular complexity index is 1180. The van der Waals surface area contributed by atoms with Gasteiger partial charge in [-0.05, 0) is 42.0 Å². The number of allylic oxidation sites excluding steroid dienone is 1. The number of rotatable bonds is 4. The van der Waals surface area contributed by atoms with Gasteiger partial charge in [0.25, 0.3) is 11.6 Å².